The highest BCUT2D eigenvalue weighted by Gasteiger charge is 2.49. The van der Waals surface area contributed by atoms with E-state index >= 15 is 0 Å². The fourth-order valence-electron chi connectivity index (χ4n) is 3.69. The molecule has 2 heterocycles. The highest BCUT2D eigenvalue weighted by molar-refractivity contribution is 7.89. The summed E-state index contributed by atoms with van der Waals surface area (Å²) in [6.07, 6.45) is 6.17. The monoisotopic (exact) mass is 357 g/mol. The van der Waals surface area contributed by atoms with Crippen LogP contribution in [0.25, 0.3) is 0 Å². The molecule has 0 radical (unpaired) electrons. The number of hydrogen-bond acceptors (Lipinski definition) is 5. The standard InChI is InChI=1S/C16H27N3O4S/c1-13(2)22-10-14-5-4-6-16(14)11-19(7-8-23-16)24(20,21)15-9-18(3)12-17-15/h9,12-14H,4-8,10-11H2,1-3H3/t14-,16+/m1/s1. The first-order chi connectivity index (χ1) is 11.3. The maximum atomic E-state index is 12.9. The molecule has 7 nitrogen and oxygen atoms in total. The third kappa shape index (κ3) is 3.37. The van der Waals surface area contributed by atoms with Crippen molar-refractivity contribution in [3.63, 3.8) is 0 Å². The van der Waals surface area contributed by atoms with Crippen molar-refractivity contribution in [3.8, 4) is 0 Å². The molecule has 1 aromatic rings. The Labute approximate surface area is 144 Å². The van der Waals surface area contributed by atoms with Crippen LogP contribution >= 0.6 is 0 Å². The number of nitrogens with zero attached hydrogens (tertiary/aromatic N) is 3. The van der Waals surface area contributed by atoms with Crippen molar-refractivity contribution in [2.24, 2.45) is 13.0 Å². The molecule has 1 saturated heterocycles. The van der Waals surface area contributed by atoms with Crippen LogP contribution in [0.1, 0.15) is 33.1 Å². The van der Waals surface area contributed by atoms with Crippen LogP contribution in [0.5, 0.6) is 0 Å². The Balaban J connectivity index is 1.78. The van der Waals surface area contributed by atoms with Gasteiger partial charge in [-0.05, 0) is 26.7 Å². The quantitative estimate of drug-likeness (QED) is 0.796. The number of aromatic nitrogens is 2. The van der Waals surface area contributed by atoms with Gasteiger partial charge < -0.3 is 14.0 Å². The van der Waals surface area contributed by atoms with Crippen molar-refractivity contribution >= 4 is 10.0 Å². The molecule has 1 spiro atoms. The number of morpholine rings is 1. The highest BCUT2D eigenvalue weighted by atomic mass is 32.2. The van der Waals surface area contributed by atoms with E-state index in [0.29, 0.717) is 26.3 Å². The Morgan fingerprint density at radius 3 is 2.96 bits per heavy atom. The maximum absolute atomic E-state index is 12.9. The summed E-state index contributed by atoms with van der Waals surface area (Å²) in [5.74, 6) is 0.238. The topological polar surface area (TPSA) is 73.7 Å². The fraction of sp³-hybridized carbons (Fsp3) is 0.812. The molecule has 1 aromatic heterocycles. The van der Waals surface area contributed by atoms with Gasteiger partial charge in [0.2, 0.25) is 0 Å². The van der Waals surface area contributed by atoms with Crippen molar-refractivity contribution in [2.45, 2.75) is 49.8 Å². The van der Waals surface area contributed by atoms with Crippen LogP contribution in [0.15, 0.2) is 17.6 Å². The molecule has 8 heteroatoms. The Morgan fingerprint density at radius 2 is 2.29 bits per heavy atom. The minimum atomic E-state index is -3.58. The average Bonchev–Trinajstić information content (AvgIpc) is 3.12. The van der Waals surface area contributed by atoms with E-state index in [2.05, 4.69) is 4.98 Å². The molecular formula is C16H27N3O4S. The Morgan fingerprint density at radius 1 is 1.50 bits per heavy atom. The van der Waals surface area contributed by atoms with E-state index in [9.17, 15) is 8.42 Å². The third-order valence-electron chi connectivity index (χ3n) is 4.99. The van der Waals surface area contributed by atoms with Crippen molar-refractivity contribution in [2.75, 3.05) is 26.3 Å². The first kappa shape index (κ1) is 17.8. The van der Waals surface area contributed by atoms with Gasteiger partial charge in [-0.15, -0.1) is 0 Å². The minimum absolute atomic E-state index is 0.107. The minimum Gasteiger partial charge on any atom is -0.378 e. The second-order valence-electron chi connectivity index (χ2n) is 7.10. The summed E-state index contributed by atoms with van der Waals surface area (Å²) in [7, 11) is -1.81. The zero-order valence-corrected chi connectivity index (χ0v) is 15.5. The summed E-state index contributed by atoms with van der Waals surface area (Å²) in [4.78, 5) is 4.02. The lowest BCUT2D eigenvalue weighted by Crippen LogP contribution is -2.56. The van der Waals surface area contributed by atoms with Gasteiger partial charge in [-0.2, -0.15) is 4.31 Å². The maximum Gasteiger partial charge on any atom is 0.262 e. The number of hydrogen-bond donors (Lipinski definition) is 0. The number of aryl methyl sites for hydroxylation is 1. The molecule has 1 aliphatic carbocycles. The van der Waals surface area contributed by atoms with E-state index in [1.807, 2.05) is 13.8 Å². The molecule has 3 rings (SSSR count). The molecule has 136 valence electrons. The molecule has 0 aromatic carbocycles. The van der Waals surface area contributed by atoms with Crippen LogP contribution in [0.4, 0.5) is 0 Å². The lowest BCUT2D eigenvalue weighted by Gasteiger charge is -2.43. The average molecular weight is 357 g/mol. The van der Waals surface area contributed by atoms with Gasteiger partial charge in [-0.25, -0.2) is 13.4 Å². The molecule has 0 amide bonds. The molecule has 2 fully saturated rings. The highest BCUT2D eigenvalue weighted by Crippen LogP contribution is 2.42. The van der Waals surface area contributed by atoms with Crippen LogP contribution in [-0.2, 0) is 26.5 Å². The Bertz CT molecular complexity index is 673. The Hall–Kier alpha value is -0.960. The zero-order chi connectivity index (χ0) is 17.4. The molecule has 0 unspecified atom stereocenters. The van der Waals surface area contributed by atoms with Gasteiger partial charge in [0.25, 0.3) is 10.0 Å². The molecule has 1 aliphatic heterocycles. The summed E-state index contributed by atoms with van der Waals surface area (Å²) in [6.45, 7) is 5.83. The number of rotatable bonds is 5. The van der Waals surface area contributed by atoms with Crippen molar-refractivity contribution in [1.29, 1.82) is 0 Å². The second-order valence-corrected chi connectivity index (χ2v) is 8.99. The zero-order valence-electron chi connectivity index (χ0n) is 14.6. The molecule has 0 bridgehead atoms. The van der Waals surface area contributed by atoms with Crippen LogP contribution in [0.3, 0.4) is 0 Å². The summed E-state index contributed by atoms with van der Waals surface area (Å²) >= 11 is 0. The van der Waals surface area contributed by atoms with Crippen LogP contribution in [-0.4, -0.2) is 60.3 Å². The fourth-order valence-corrected chi connectivity index (χ4v) is 5.14. The lowest BCUT2D eigenvalue weighted by molar-refractivity contribution is -0.129. The van der Waals surface area contributed by atoms with Crippen molar-refractivity contribution < 1.29 is 17.9 Å². The van der Waals surface area contributed by atoms with Gasteiger partial charge in [0.1, 0.15) is 0 Å². The van der Waals surface area contributed by atoms with Crippen molar-refractivity contribution in [1.82, 2.24) is 13.9 Å². The third-order valence-corrected chi connectivity index (χ3v) is 6.72. The molecule has 1 saturated carbocycles. The van der Waals surface area contributed by atoms with Gasteiger partial charge in [0.05, 0.1) is 31.2 Å². The van der Waals surface area contributed by atoms with E-state index in [1.165, 1.54) is 10.6 Å². The summed E-state index contributed by atoms with van der Waals surface area (Å²) in [5, 5.41) is 0.107. The number of imidazole rings is 1. The van der Waals surface area contributed by atoms with Crippen LogP contribution in [0, 0.1) is 5.92 Å². The molecule has 24 heavy (non-hydrogen) atoms. The van der Waals surface area contributed by atoms with Gasteiger partial charge in [-0.3, -0.25) is 0 Å². The summed E-state index contributed by atoms with van der Waals surface area (Å²) < 4.78 is 40.9. The van der Waals surface area contributed by atoms with E-state index in [4.69, 9.17) is 9.47 Å². The Kier molecular flexibility index (Phi) is 5.01. The van der Waals surface area contributed by atoms with Gasteiger partial charge >= 0.3 is 0 Å². The molecule has 2 aliphatic rings. The smallest absolute Gasteiger partial charge is 0.262 e. The van der Waals surface area contributed by atoms with E-state index < -0.39 is 15.6 Å². The molecule has 2 atom stereocenters. The summed E-state index contributed by atoms with van der Waals surface area (Å²) in [6, 6.07) is 0. The molecular weight excluding hydrogens is 330 g/mol. The SMILES string of the molecule is CC(C)OC[C@H]1CCC[C@]12CN(S(=O)(=O)c1cn(C)cn1)CCO2. The largest absolute Gasteiger partial charge is 0.378 e. The van der Waals surface area contributed by atoms with E-state index in [1.54, 1.807) is 17.8 Å². The van der Waals surface area contributed by atoms with Gasteiger partial charge in [0, 0.05) is 32.3 Å². The first-order valence-corrected chi connectivity index (χ1v) is 10.0. The van der Waals surface area contributed by atoms with Crippen LogP contribution in [0.2, 0.25) is 0 Å². The van der Waals surface area contributed by atoms with E-state index in [0.717, 1.165) is 19.3 Å². The predicted molar refractivity (Wildman–Crippen MR) is 89.1 cm³/mol. The number of ether oxygens (including phenoxy) is 2. The summed E-state index contributed by atoms with van der Waals surface area (Å²) in [5.41, 5.74) is -0.422. The molecule has 0 N–H and O–H groups in total. The first-order valence-electron chi connectivity index (χ1n) is 8.57. The lowest BCUT2D eigenvalue weighted by atomic mass is 9.90. The normalized spacial score (nSPS) is 28.9. The number of sulfonamides is 1. The van der Waals surface area contributed by atoms with Crippen molar-refractivity contribution in [3.05, 3.63) is 12.5 Å². The van der Waals surface area contributed by atoms with Gasteiger partial charge in [0.15, 0.2) is 5.03 Å². The van der Waals surface area contributed by atoms with Crippen LogP contribution < -0.4 is 0 Å². The predicted octanol–water partition coefficient (Wildman–Crippen LogP) is 1.40. The van der Waals surface area contributed by atoms with E-state index in [-0.39, 0.29) is 17.0 Å². The second kappa shape index (κ2) is 6.74. The van der Waals surface area contributed by atoms with Gasteiger partial charge in [-0.1, -0.05) is 6.42 Å².